The van der Waals surface area contributed by atoms with E-state index in [1.165, 1.54) is 18.3 Å². The number of benzene rings is 1. The van der Waals surface area contributed by atoms with E-state index in [0.717, 1.165) is 6.20 Å². The first-order chi connectivity index (χ1) is 10.7. The number of nitrogens with one attached hydrogen (secondary N) is 1. The Morgan fingerprint density at radius 3 is 2.91 bits per heavy atom. The van der Waals surface area contributed by atoms with Crippen LogP contribution in [0.5, 0.6) is 5.75 Å². The molecule has 0 spiro atoms. The van der Waals surface area contributed by atoms with Gasteiger partial charge in [0.15, 0.2) is 6.61 Å². The highest BCUT2D eigenvalue weighted by atomic mass is 16.6. The van der Waals surface area contributed by atoms with Crippen LogP contribution in [-0.4, -0.2) is 22.7 Å². The highest BCUT2D eigenvalue weighted by Gasteiger charge is 2.04. The lowest BCUT2D eigenvalue weighted by Crippen LogP contribution is -1.99. The van der Waals surface area contributed by atoms with E-state index >= 15 is 0 Å². The average molecular weight is 297 g/mol. The van der Waals surface area contributed by atoms with Crippen molar-refractivity contribution in [3.8, 4) is 11.8 Å². The molecule has 0 bridgehead atoms. The third kappa shape index (κ3) is 4.01. The van der Waals surface area contributed by atoms with Crippen molar-refractivity contribution in [3.63, 3.8) is 0 Å². The molecule has 22 heavy (non-hydrogen) atoms. The van der Waals surface area contributed by atoms with Crippen LogP contribution in [0.4, 0.5) is 11.5 Å². The van der Waals surface area contributed by atoms with Crippen molar-refractivity contribution in [1.82, 2.24) is 4.98 Å². The van der Waals surface area contributed by atoms with Crippen molar-refractivity contribution in [1.29, 1.82) is 5.26 Å². The predicted molar refractivity (Wildman–Crippen MR) is 79.7 cm³/mol. The van der Waals surface area contributed by atoms with Crippen molar-refractivity contribution in [2.45, 2.75) is 0 Å². The molecule has 0 aliphatic carbocycles. The molecule has 0 radical (unpaired) electrons. The Labute approximate surface area is 125 Å². The molecule has 1 N–H and O–H groups in total. The van der Waals surface area contributed by atoms with Crippen LogP contribution in [0.3, 0.4) is 0 Å². The molecule has 0 saturated heterocycles. The zero-order chi connectivity index (χ0) is 15.8. The summed E-state index contributed by atoms with van der Waals surface area (Å²) in [5, 5.41) is 23.0. The van der Waals surface area contributed by atoms with Crippen molar-refractivity contribution in [2.75, 3.05) is 12.0 Å². The Bertz CT molecular complexity index is 722. The van der Waals surface area contributed by atoms with E-state index in [1.54, 1.807) is 18.2 Å². The normalized spacial score (nSPS) is 10.1. The van der Waals surface area contributed by atoms with E-state index in [2.05, 4.69) is 15.5 Å². The van der Waals surface area contributed by atoms with E-state index in [0.29, 0.717) is 17.1 Å². The third-order valence-electron chi connectivity index (χ3n) is 2.55. The fraction of sp³-hybridized carbons (Fsp3) is 0.0714. The number of pyridine rings is 1. The van der Waals surface area contributed by atoms with Crippen LogP contribution in [0.1, 0.15) is 5.56 Å². The van der Waals surface area contributed by atoms with Gasteiger partial charge in [0.1, 0.15) is 23.8 Å². The highest BCUT2D eigenvalue weighted by Crippen LogP contribution is 2.16. The van der Waals surface area contributed by atoms with Gasteiger partial charge in [0.2, 0.25) is 0 Å². The van der Waals surface area contributed by atoms with Gasteiger partial charge in [-0.05, 0) is 18.2 Å². The molecule has 1 aromatic carbocycles. The summed E-state index contributed by atoms with van der Waals surface area (Å²) in [6, 6.07) is 11.8. The summed E-state index contributed by atoms with van der Waals surface area (Å²) in [5.74, 6) is 0.906. The number of hydrogen-bond acceptors (Lipinski definition) is 7. The second-order valence-electron chi connectivity index (χ2n) is 4.01. The lowest BCUT2D eigenvalue weighted by molar-refractivity contribution is -0.385. The zero-order valence-electron chi connectivity index (χ0n) is 11.3. The van der Waals surface area contributed by atoms with Gasteiger partial charge in [-0.25, -0.2) is 4.98 Å². The monoisotopic (exact) mass is 297 g/mol. The van der Waals surface area contributed by atoms with E-state index in [9.17, 15) is 10.1 Å². The summed E-state index contributed by atoms with van der Waals surface area (Å²) in [7, 11) is 0. The van der Waals surface area contributed by atoms with Crippen LogP contribution >= 0.6 is 0 Å². The van der Waals surface area contributed by atoms with E-state index in [1.807, 2.05) is 12.1 Å². The van der Waals surface area contributed by atoms with Gasteiger partial charge in [-0.15, -0.1) is 0 Å². The molecule has 2 aromatic rings. The van der Waals surface area contributed by atoms with Gasteiger partial charge < -0.3 is 4.74 Å². The number of aromatic nitrogens is 1. The maximum Gasteiger partial charge on any atom is 0.287 e. The Morgan fingerprint density at radius 2 is 2.23 bits per heavy atom. The van der Waals surface area contributed by atoms with Crippen molar-refractivity contribution >= 4 is 17.7 Å². The molecule has 0 saturated carbocycles. The first-order valence-corrected chi connectivity index (χ1v) is 6.19. The van der Waals surface area contributed by atoms with Crippen LogP contribution in [0.25, 0.3) is 0 Å². The lowest BCUT2D eigenvalue weighted by atomic mass is 10.2. The fourth-order valence-corrected chi connectivity index (χ4v) is 1.56. The molecule has 0 aliphatic rings. The first-order valence-electron chi connectivity index (χ1n) is 6.19. The summed E-state index contributed by atoms with van der Waals surface area (Å²) in [5.41, 5.74) is 3.25. The van der Waals surface area contributed by atoms with Crippen molar-refractivity contribution in [3.05, 3.63) is 58.3 Å². The SMILES string of the molecule is N#CCOc1ccccc1/C=N/Nc1ccc([N+](=O)[O-])cn1. The minimum atomic E-state index is -0.525. The first kappa shape index (κ1) is 14.9. The summed E-state index contributed by atoms with van der Waals surface area (Å²) < 4.78 is 5.26. The molecule has 2 rings (SSSR count). The van der Waals surface area contributed by atoms with Crippen LogP contribution in [-0.2, 0) is 0 Å². The molecule has 0 unspecified atom stereocenters. The van der Waals surface area contributed by atoms with Gasteiger partial charge in [0, 0.05) is 11.6 Å². The molecular formula is C14H11N5O3. The number of nitro groups is 1. The standard InChI is InChI=1S/C14H11N5O3/c15-7-8-22-13-4-2-1-3-11(13)9-17-18-14-6-5-12(10-16-14)19(20)21/h1-6,9-10H,8H2,(H,16,18)/b17-9+. The Hall–Kier alpha value is -3.47. The maximum atomic E-state index is 10.5. The molecule has 1 aromatic heterocycles. The van der Waals surface area contributed by atoms with Crippen LogP contribution in [0.2, 0.25) is 0 Å². The van der Waals surface area contributed by atoms with Gasteiger partial charge in [-0.3, -0.25) is 15.5 Å². The molecule has 0 fully saturated rings. The van der Waals surface area contributed by atoms with Crippen molar-refractivity contribution < 1.29 is 9.66 Å². The van der Waals surface area contributed by atoms with Crippen LogP contribution < -0.4 is 10.2 Å². The topological polar surface area (TPSA) is 113 Å². The number of nitriles is 1. The molecule has 0 aliphatic heterocycles. The quantitative estimate of drug-likeness (QED) is 0.497. The number of hydrogen-bond donors (Lipinski definition) is 1. The molecule has 8 heteroatoms. The predicted octanol–water partition coefficient (Wildman–Crippen LogP) is 2.34. The van der Waals surface area contributed by atoms with E-state index in [-0.39, 0.29) is 12.3 Å². The van der Waals surface area contributed by atoms with Gasteiger partial charge in [0.25, 0.3) is 5.69 Å². The number of para-hydroxylation sites is 1. The molecular weight excluding hydrogens is 286 g/mol. The second kappa shape index (κ2) is 7.35. The zero-order valence-corrected chi connectivity index (χ0v) is 11.3. The van der Waals surface area contributed by atoms with Gasteiger partial charge in [-0.1, -0.05) is 12.1 Å². The highest BCUT2D eigenvalue weighted by molar-refractivity contribution is 5.83. The summed E-state index contributed by atoms with van der Waals surface area (Å²) >= 11 is 0. The van der Waals surface area contributed by atoms with Crippen molar-refractivity contribution in [2.24, 2.45) is 5.10 Å². The number of ether oxygens (including phenoxy) is 1. The number of anilines is 1. The minimum Gasteiger partial charge on any atom is -0.478 e. The fourth-order valence-electron chi connectivity index (χ4n) is 1.56. The number of nitrogens with zero attached hydrogens (tertiary/aromatic N) is 4. The maximum absolute atomic E-state index is 10.5. The summed E-state index contributed by atoms with van der Waals surface area (Å²) in [6.07, 6.45) is 2.65. The van der Waals surface area contributed by atoms with Gasteiger partial charge in [0.05, 0.1) is 11.1 Å². The lowest BCUT2D eigenvalue weighted by Gasteiger charge is -2.04. The Balaban J connectivity index is 2.03. The number of rotatable bonds is 6. The Morgan fingerprint density at radius 1 is 1.41 bits per heavy atom. The molecule has 1 heterocycles. The van der Waals surface area contributed by atoms with Crippen LogP contribution in [0.15, 0.2) is 47.7 Å². The second-order valence-corrected chi connectivity index (χ2v) is 4.01. The summed E-state index contributed by atoms with van der Waals surface area (Å²) in [6.45, 7) is -0.0534. The summed E-state index contributed by atoms with van der Waals surface area (Å²) in [4.78, 5) is 13.9. The number of hydrazone groups is 1. The largest absolute Gasteiger partial charge is 0.478 e. The smallest absolute Gasteiger partial charge is 0.287 e. The van der Waals surface area contributed by atoms with Crippen LogP contribution in [0, 0.1) is 21.4 Å². The molecule has 0 atom stereocenters. The average Bonchev–Trinajstić information content (AvgIpc) is 2.54. The third-order valence-corrected chi connectivity index (χ3v) is 2.55. The Kier molecular flexibility index (Phi) is 4.99. The molecule has 0 amide bonds. The van der Waals surface area contributed by atoms with Gasteiger partial charge >= 0.3 is 0 Å². The van der Waals surface area contributed by atoms with E-state index in [4.69, 9.17) is 10.00 Å². The molecule has 110 valence electrons. The minimum absolute atomic E-state index is 0.0534. The van der Waals surface area contributed by atoms with E-state index < -0.39 is 4.92 Å². The molecule has 8 nitrogen and oxygen atoms in total. The van der Waals surface area contributed by atoms with Gasteiger partial charge in [-0.2, -0.15) is 10.4 Å².